The lowest BCUT2D eigenvalue weighted by atomic mass is 10.0. The minimum atomic E-state index is -3.04. The molecule has 1 fully saturated rings. The van der Waals surface area contributed by atoms with Crippen LogP contribution in [-0.4, -0.2) is 38.6 Å². The molecular weight excluding hydrogens is 280 g/mol. The third-order valence-corrected chi connectivity index (χ3v) is 5.17. The number of sulfone groups is 1. The maximum atomic E-state index is 11.9. The van der Waals surface area contributed by atoms with Crippen LogP contribution in [0.3, 0.4) is 0 Å². The zero-order valence-electron chi connectivity index (χ0n) is 11.5. The Bertz CT molecular complexity index is 597. The topological polar surface area (TPSA) is 84.5 Å². The van der Waals surface area contributed by atoms with E-state index in [1.54, 1.807) is 38.3 Å². The fourth-order valence-electron chi connectivity index (χ4n) is 2.22. The summed E-state index contributed by atoms with van der Waals surface area (Å²) in [5.41, 5.74) is -0.0807. The first-order chi connectivity index (χ1) is 9.32. The summed E-state index contributed by atoms with van der Waals surface area (Å²) in [6.07, 6.45) is 0.436. The van der Waals surface area contributed by atoms with Gasteiger partial charge in [-0.3, -0.25) is 0 Å². The van der Waals surface area contributed by atoms with Gasteiger partial charge >= 0.3 is 6.03 Å². The van der Waals surface area contributed by atoms with Crippen LogP contribution in [-0.2, 0) is 9.84 Å². The molecule has 1 aliphatic heterocycles. The fourth-order valence-corrected chi connectivity index (χ4v) is 4.31. The van der Waals surface area contributed by atoms with Crippen molar-refractivity contribution in [3.05, 3.63) is 24.3 Å². The molecule has 7 heteroatoms. The lowest BCUT2D eigenvalue weighted by Gasteiger charge is -2.24. The van der Waals surface area contributed by atoms with Gasteiger partial charge in [0, 0.05) is 5.69 Å². The van der Waals surface area contributed by atoms with Crippen LogP contribution in [0.1, 0.15) is 13.3 Å². The van der Waals surface area contributed by atoms with E-state index in [1.165, 1.54) is 0 Å². The van der Waals surface area contributed by atoms with Gasteiger partial charge in [0.1, 0.15) is 5.75 Å². The Labute approximate surface area is 118 Å². The Morgan fingerprint density at radius 3 is 2.45 bits per heavy atom. The number of rotatable bonds is 3. The van der Waals surface area contributed by atoms with Gasteiger partial charge in [0.05, 0.1) is 24.2 Å². The molecule has 0 spiro atoms. The first-order valence-electron chi connectivity index (χ1n) is 6.26. The van der Waals surface area contributed by atoms with E-state index in [1.807, 2.05) is 0 Å². The number of carbonyl (C=O) groups is 1. The van der Waals surface area contributed by atoms with Crippen LogP contribution in [0.5, 0.6) is 5.75 Å². The quantitative estimate of drug-likeness (QED) is 0.883. The van der Waals surface area contributed by atoms with Crippen molar-refractivity contribution in [1.29, 1.82) is 0 Å². The summed E-state index contributed by atoms with van der Waals surface area (Å²) in [4.78, 5) is 11.9. The molecule has 1 aromatic carbocycles. The van der Waals surface area contributed by atoms with E-state index < -0.39 is 21.4 Å². The molecule has 0 bridgehead atoms. The first-order valence-corrected chi connectivity index (χ1v) is 8.08. The molecule has 2 N–H and O–H groups in total. The highest BCUT2D eigenvalue weighted by atomic mass is 32.2. The molecule has 1 aliphatic rings. The van der Waals surface area contributed by atoms with E-state index in [0.717, 1.165) is 0 Å². The van der Waals surface area contributed by atoms with Crippen molar-refractivity contribution in [1.82, 2.24) is 5.32 Å². The maximum Gasteiger partial charge on any atom is 0.319 e. The third kappa shape index (κ3) is 3.63. The molecule has 1 aromatic rings. The van der Waals surface area contributed by atoms with Gasteiger partial charge < -0.3 is 15.4 Å². The third-order valence-electron chi connectivity index (χ3n) is 3.27. The Morgan fingerprint density at radius 2 is 1.95 bits per heavy atom. The second kappa shape index (κ2) is 5.32. The zero-order chi connectivity index (χ0) is 14.8. The summed E-state index contributed by atoms with van der Waals surface area (Å²) in [6.45, 7) is 1.74. The molecule has 20 heavy (non-hydrogen) atoms. The monoisotopic (exact) mass is 298 g/mol. The molecule has 1 saturated heterocycles. The first kappa shape index (κ1) is 14.6. The molecule has 2 rings (SSSR count). The van der Waals surface area contributed by atoms with Crippen LogP contribution >= 0.6 is 0 Å². The summed E-state index contributed by atoms with van der Waals surface area (Å²) in [6, 6.07) is 6.49. The van der Waals surface area contributed by atoms with Crippen LogP contribution in [0.4, 0.5) is 10.5 Å². The van der Waals surface area contributed by atoms with Gasteiger partial charge in [-0.1, -0.05) is 0 Å². The van der Waals surface area contributed by atoms with Gasteiger partial charge in [0.25, 0.3) is 0 Å². The van der Waals surface area contributed by atoms with Crippen molar-refractivity contribution in [2.45, 2.75) is 18.9 Å². The van der Waals surface area contributed by atoms with Gasteiger partial charge in [-0.15, -0.1) is 0 Å². The molecule has 1 heterocycles. The molecule has 0 saturated carbocycles. The number of ether oxygens (including phenoxy) is 1. The van der Waals surface area contributed by atoms with Gasteiger partial charge in [-0.25, -0.2) is 13.2 Å². The Morgan fingerprint density at radius 1 is 1.30 bits per heavy atom. The highest BCUT2D eigenvalue weighted by Gasteiger charge is 2.39. The number of hydrogen-bond acceptors (Lipinski definition) is 4. The van der Waals surface area contributed by atoms with Crippen LogP contribution in [0.25, 0.3) is 0 Å². The summed E-state index contributed by atoms with van der Waals surface area (Å²) in [7, 11) is -1.47. The average Bonchev–Trinajstić information content (AvgIpc) is 2.64. The second-order valence-electron chi connectivity index (χ2n) is 5.21. The van der Waals surface area contributed by atoms with Gasteiger partial charge in [-0.05, 0) is 37.6 Å². The number of anilines is 1. The standard InChI is InChI=1S/C13H18N2O4S/c1-13(7-8-20(17,18)9-13)15-12(16)14-10-3-5-11(19-2)6-4-10/h3-6H,7-9H2,1-2H3,(H2,14,15,16). The number of hydrogen-bond donors (Lipinski definition) is 2. The van der Waals surface area contributed by atoms with Crippen molar-refractivity contribution in [2.24, 2.45) is 0 Å². The number of benzene rings is 1. The van der Waals surface area contributed by atoms with E-state index in [2.05, 4.69) is 10.6 Å². The van der Waals surface area contributed by atoms with Crippen LogP contribution in [0, 0.1) is 0 Å². The number of methoxy groups -OCH3 is 1. The molecular formula is C13H18N2O4S. The Balaban J connectivity index is 1.95. The molecule has 2 amide bonds. The van der Waals surface area contributed by atoms with Crippen molar-refractivity contribution >= 4 is 21.6 Å². The summed E-state index contributed by atoms with van der Waals surface area (Å²) < 4.78 is 28.0. The van der Waals surface area contributed by atoms with Crippen molar-refractivity contribution in [3.63, 3.8) is 0 Å². The molecule has 0 aliphatic carbocycles. The SMILES string of the molecule is COc1ccc(NC(=O)NC2(C)CCS(=O)(=O)C2)cc1. The van der Waals surface area contributed by atoms with Gasteiger partial charge in [0.2, 0.25) is 0 Å². The highest BCUT2D eigenvalue weighted by Crippen LogP contribution is 2.23. The summed E-state index contributed by atoms with van der Waals surface area (Å²) in [5, 5.41) is 5.40. The molecule has 6 nitrogen and oxygen atoms in total. The van der Waals surface area contributed by atoms with Gasteiger partial charge in [0.15, 0.2) is 9.84 Å². The van der Waals surface area contributed by atoms with Crippen molar-refractivity contribution < 1.29 is 17.9 Å². The molecule has 1 atom stereocenters. The molecule has 1 unspecified atom stereocenters. The fraction of sp³-hybridized carbons (Fsp3) is 0.462. The number of amides is 2. The van der Waals surface area contributed by atoms with Crippen LogP contribution in [0.15, 0.2) is 24.3 Å². The normalized spacial score (nSPS) is 24.1. The predicted molar refractivity (Wildman–Crippen MR) is 76.8 cm³/mol. The summed E-state index contributed by atoms with van der Waals surface area (Å²) in [5.74, 6) is 0.798. The zero-order valence-corrected chi connectivity index (χ0v) is 12.3. The smallest absolute Gasteiger partial charge is 0.319 e. The van der Waals surface area contributed by atoms with Gasteiger partial charge in [-0.2, -0.15) is 0 Å². The lowest BCUT2D eigenvalue weighted by Crippen LogP contribution is -2.48. The molecule has 0 radical (unpaired) electrons. The number of urea groups is 1. The van der Waals surface area contributed by atoms with Crippen LogP contribution < -0.4 is 15.4 Å². The summed E-state index contributed by atoms with van der Waals surface area (Å²) >= 11 is 0. The maximum absolute atomic E-state index is 11.9. The number of nitrogens with one attached hydrogen (secondary N) is 2. The van der Waals surface area contributed by atoms with E-state index >= 15 is 0 Å². The lowest BCUT2D eigenvalue weighted by molar-refractivity contribution is 0.242. The van der Waals surface area contributed by atoms with E-state index in [-0.39, 0.29) is 11.5 Å². The Kier molecular flexibility index (Phi) is 3.89. The van der Waals surface area contributed by atoms with Crippen molar-refractivity contribution in [3.8, 4) is 5.75 Å². The Hall–Kier alpha value is -1.76. The second-order valence-corrected chi connectivity index (χ2v) is 7.39. The minimum Gasteiger partial charge on any atom is -0.497 e. The van der Waals surface area contributed by atoms with Crippen molar-refractivity contribution in [2.75, 3.05) is 23.9 Å². The minimum absolute atomic E-state index is 0.0178. The molecule has 0 aromatic heterocycles. The van der Waals surface area contributed by atoms with E-state index in [9.17, 15) is 13.2 Å². The molecule has 110 valence electrons. The largest absolute Gasteiger partial charge is 0.497 e. The van der Waals surface area contributed by atoms with E-state index in [0.29, 0.717) is 17.9 Å². The average molecular weight is 298 g/mol. The predicted octanol–water partition coefficient (Wildman–Crippen LogP) is 1.39. The van der Waals surface area contributed by atoms with E-state index in [4.69, 9.17) is 4.74 Å². The number of carbonyl (C=O) groups excluding carboxylic acids is 1. The highest BCUT2D eigenvalue weighted by molar-refractivity contribution is 7.91. The van der Waals surface area contributed by atoms with Crippen LogP contribution in [0.2, 0.25) is 0 Å².